The minimum atomic E-state index is -0.526. The van der Waals surface area contributed by atoms with Crippen LogP contribution in [0.5, 0.6) is 0 Å². The van der Waals surface area contributed by atoms with Gasteiger partial charge in [0.25, 0.3) is 0 Å². The molecule has 0 amide bonds. The quantitative estimate of drug-likeness (QED) is 0.194. The van der Waals surface area contributed by atoms with Crippen LogP contribution < -0.4 is 0 Å². The monoisotopic (exact) mass is 582 g/mol. The molecule has 0 heteroatoms. The average Bonchev–Trinajstić information content (AvgIpc) is 3.44. The first-order chi connectivity index (χ1) is 22.8. The van der Waals surface area contributed by atoms with E-state index in [0.717, 1.165) is 0 Å². The molecule has 0 fully saturated rings. The molecule has 0 saturated carbocycles. The molecule has 0 nitrogen and oxygen atoms in total. The van der Waals surface area contributed by atoms with Gasteiger partial charge in [-0.2, -0.15) is 0 Å². The lowest BCUT2D eigenvalue weighted by Crippen LogP contribution is -2.34. The van der Waals surface area contributed by atoms with Crippen molar-refractivity contribution in [2.45, 2.75) is 10.8 Å². The average molecular weight is 583 g/mol. The molecular weight excluding hydrogens is 553 g/mol. The summed E-state index contributed by atoms with van der Waals surface area (Å²) < 4.78 is 0. The third-order valence-corrected chi connectivity index (χ3v) is 10.8. The Kier molecular flexibility index (Phi) is 5.23. The van der Waals surface area contributed by atoms with Crippen molar-refractivity contribution in [2.24, 2.45) is 0 Å². The highest BCUT2D eigenvalue weighted by molar-refractivity contribution is 6.14. The van der Waals surface area contributed by atoms with Crippen LogP contribution in [-0.4, -0.2) is 0 Å². The summed E-state index contributed by atoms with van der Waals surface area (Å²) in [6.45, 7) is 0. The van der Waals surface area contributed by atoms with Crippen LogP contribution in [0.4, 0.5) is 0 Å². The van der Waals surface area contributed by atoms with Crippen LogP contribution in [-0.2, 0) is 10.8 Å². The predicted octanol–water partition coefficient (Wildman–Crippen LogP) is 11.1. The molecule has 0 radical (unpaired) electrons. The third-order valence-electron chi connectivity index (χ3n) is 10.8. The maximum Gasteiger partial charge on any atom is 0.0719 e. The smallest absolute Gasteiger partial charge is 0.0622 e. The van der Waals surface area contributed by atoms with Crippen molar-refractivity contribution >= 4 is 21.5 Å². The first-order valence-corrected chi connectivity index (χ1v) is 16.2. The Morgan fingerprint density at radius 1 is 0.304 bits per heavy atom. The van der Waals surface area contributed by atoms with Crippen LogP contribution in [0, 0.1) is 0 Å². The molecule has 46 heavy (non-hydrogen) atoms. The summed E-state index contributed by atoms with van der Waals surface area (Å²) in [5, 5.41) is 5.23. The van der Waals surface area contributed by atoms with E-state index in [0.29, 0.717) is 0 Å². The van der Waals surface area contributed by atoms with Crippen LogP contribution in [0.1, 0.15) is 44.5 Å². The molecule has 0 bridgehead atoms. The minimum Gasteiger partial charge on any atom is -0.0622 e. The lowest BCUT2D eigenvalue weighted by molar-refractivity contribution is 0.751. The molecule has 0 N–H and O–H groups in total. The Morgan fingerprint density at radius 3 is 1.39 bits per heavy atom. The van der Waals surface area contributed by atoms with Crippen LogP contribution >= 0.6 is 0 Å². The van der Waals surface area contributed by atoms with E-state index in [2.05, 4.69) is 182 Å². The molecule has 0 atom stereocenters. The Hall–Kier alpha value is -5.72. The molecule has 214 valence electrons. The molecule has 2 aliphatic carbocycles. The topological polar surface area (TPSA) is 0 Å². The second-order valence-corrected chi connectivity index (χ2v) is 12.8. The van der Waals surface area contributed by atoms with Gasteiger partial charge in [0, 0.05) is 0 Å². The molecule has 8 aromatic rings. The van der Waals surface area contributed by atoms with Crippen molar-refractivity contribution in [3.8, 4) is 11.1 Å². The number of benzene rings is 8. The molecule has 10 rings (SSSR count). The summed E-state index contributed by atoms with van der Waals surface area (Å²) in [4.78, 5) is 0. The largest absolute Gasteiger partial charge is 0.0719 e. The van der Waals surface area contributed by atoms with Crippen LogP contribution in [0.2, 0.25) is 0 Å². The summed E-state index contributed by atoms with van der Waals surface area (Å²) in [6.07, 6.45) is 0. The second kappa shape index (κ2) is 9.39. The van der Waals surface area contributed by atoms with Gasteiger partial charge >= 0.3 is 0 Å². The SMILES string of the molecule is c1ccc(C2(c3ccccc3)c3cc4ccccc4c4c3-c3c2ccc2cccc(c32)C4(c2ccccc2)c2ccccc2)cc1. The first-order valence-electron chi connectivity index (χ1n) is 16.2. The van der Waals surface area contributed by atoms with Gasteiger partial charge in [-0.1, -0.05) is 176 Å². The number of fused-ring (bicyclic) bond motifs is 2. The Balaban J connectivity index is 1.54. The second-order valence-electron chi connectivity index (χ2n) is 12.8. The summed E-state index contributed by atoms with van der Waals surface area (Å²) in [6, 6.07) is 68.2. The maximum absolute atomic E-state index is 2.51. The van der Waals surface area contributed by atoms with Crippen molar-refractivity contribution in [3.05, 3.63) is 226 Å². The highest BCUT2D eigenvalue weighted by Crippen LogP contribution is 2.66. The van der Waals surface area contributed by atoms with Crippen molar-refractivity contribution in [3.63, 3.8) is 0 Å². The molecule has 0 aliphatic heterocycles. The van der Waals surface area contributed by atoms with Gasteiger partial charge in [0.15, 0.2) is 0 Å². The molecule has 0 aromatic heterocycles. The summed E-state index contributed by atoms with van der Waals surface area (Å²) in [5.41, 5.74) is 12.4. The molecule has 0 spiro atoms. The molecular formula is C46H30. The highest BCUT2D eigenvalue weighted by Gasteiger charge is 2.54. The fraction of sp³-hybridized carbons (Fsp3) is 0.0435. The number of hydrogen-bond acceptors (Lipinski definition) is 0. The lowest BCUT2D eigenvalue weighted by Gasteiger charge is -2.43. The molecule has 8 aromatic carbocycles. The van der Waals surface area contributed by atoms with Crippen LogP contribution in [0.15, 0.2) is 182 Å². The van der Waals surface area contributed by atoms with Gasteiger partial charge < -0.3 is 0 Å². The van der Waals surface area contributed by atoms with E-state index in [1.54, 1.807) is 0 Å². The predicted molar refractivity (Wildman–Crippen MR) is 191 cm³/mol. The molecule has 0 unspecified atom stereocenters. The van der Waals surface area contributed by atoms with Gasteiger partial charge in [-0.3, -0.25) is 0 Å². The van der Waals surface area contributed by atoms with E-state index in [1.807, 2.05) is 0 Å². The summed E-state index contributed by atoms with van der Waals surface area (Å²) in [5.74, 6) is 0. The zero-order valence-electron chi connectivity index (χ0n) is 25.3. The van der Waals surface area contributed by atoms with Gasteiger partial charge in [0.05, 0.1) is 10.8 Å². The van der Waals surface area contributed by atoms with Gasteiger partial charge in [0.1, 0.15) is 0 Å². The third kappa shape index (κ3) is 3.04. The molecule has 0 saturated heterocycles. The normalized spacial score (nSPS) is 14.9. The molecule has 2 aliphatic rings. The van der Waals surface area contributed by atoms with Gasteiger partial charge in [-0.25, -0.2) is 0 Å². The summed E-state index contributed by atoms with van der Waals surface area (Å²) in [7, 11) is 0. The van der Waals surface area contributed by atoms with E-state index in [1.165, 1.54) is 77.2 Å². The first kappa shape index (κ1) is 25.6. The van der Waals surface area contributed by atoms with E-state index in [-0.39, 0.29) is 0 Å². The Labute approximate surface area is 269 Å². The van der Waals surface area contributed by atoms with E-state index in [4.69, 9.17) is 0 Å². The van der Waals surface area contributed by atoms with Crippen molar-refractivity contribution in [2.75, 3.05) is 0 Å². The van der Waals surface area contributed by atoms with Gasteiger partial charge in [-0.05, 0) is 83.2 Å². The Bertz CT molecular complexity index is 2360. The zero-order chi connectivity index (χ0) is 30.3. The fourth-order valence-electron chi connectivity index (χ4n) is 9.14. The fourth-order valence-corrected chi connectivity index (χ4v) is 9.14. The van der Waals surface area contributed by atoms with Gasteiger partial charge in [-0.15, -0.1) is 0 Å². The van der Waals surface area contributed by atoms with Crippen molar-refractivity contribution in [1.29, 1.82) is 0 Å². The standard InChI is InChI=1S/C46H30/c1-5-18-33(19-6-1)45(34-20-7-2-8-21-34)39-29-28-31-17-15-27-38-41(31)42(39)43-40(45)30-32-16-13-14-26-37(32)44(43)46(38,35-22-9-3-10-23-35)36-24-11-4-12-25-36/h1-30H. The van der Waals surface area contributed by atoms with E-state index < -0.39 is 10.8 Å². The van der Waals surface area contributed by atoms with E-state index >= 15 is 0 Å². The minimum absolute atomic E-state index is 0.475. The van der Waals surface area contributed by atoms with Crippen molar-refractivity contribution in [1.82, 2.24) is 0 Å². The van der Waals surface area contributed by atoms with E-state index in [9.17, 15) is 0 Å². The van der Waals surface area contributed by atoms with Crippen LogP contribution in [0.25, 0.3) is 32.7 Å². The molecule has 0 heterocycles. The highest BCUT2D eigenvalue weighted by atomic mass is 14.5. The number of hydrogen-bond donors (Lipinski definition) is 0. The zero-order valence-corrected chi connectivity index (χ0v) is 25.3. The maximum atomic E-state index is 2.51. The lowest BCUT2D eigenvalue weighted by atomic mass is 9.58. The Morgan fingerprint density at radius 2 is 0.804 bits per heavy atom. The number of rotatable bonds is 4. The van der Waals surface area contributed by atoms with Crippen molar-refractivity contribution < 1.29 is 0 Å². The summed E-state index contributed by atoms with van der Waals surface area (Å²) >= 11 is 0. The van der Waals surface area contributed by atoms with Gasteiger partial charge in [0.2, 0.25) is 0 Å². The van der Waals surface area contributed by atoms with Crippen LogP contribution in [0.3, 0.4) is 0 Å².